The Morgan fingerprint density at radius 2 is 1.33 bits per heavy atom. The first kappa shape index (κ1) is 19.8. The second kappa shape index (κ2) is 7.85. The summed E-state index contributed by atoms with van der Waals surface area (Å²) in [5.74, 6) is 1.46. The van der Waals surface area contributed by atoms with E-state index in [2.05, 4.69) is 51.5 Å². The summed E-state index contributed by atoms with van der Waals surface area (Å²) >= 11 is 3.05. The number of hydrogen-bond acceptors (Lipinski definition) is 4. The molecule has 1 aliphatic heterocycles. The van der Waals surface area contributed by atoms with Gasteiger partial charge < -0.3 is 0 Å². The Morgan fingerprint density at radius 1 is 0.833 bits per heavy atom. The van der Waals surface area contributed by atoms with Gasteiger partial charge in [-0.2, -0.15) is 0 Å². The SMILES string of the molecule is CC(O)CCOP1(=[Se])Oc2ccc3ccccc3c2-c2c(ccc3ccccc23)O1. The summed E-state index contributed by atoms with van der Waals surface area (Å²) < 4.78 is 18.8. The molecule has 1 unspecified atom stereocenters. The molecule has 1 atom stereocenters. The van der Waals surface area contributed by atoms with Crippen LogP contribution in [0.25, 0.3) is 32.7 Å². The van der Waals surface area contributed by atoms with Crippen LogP contribution in [0.1, 0.15) is 13.3 Å². The quantitative estimate of drug-likeness (QED) is 0.283. The van der Waals surface area contributed by atoms with Crippen molar-refractivity contribution in [3.8, 4) is 22.6 Å². The number of benzene rings is 4. The van der Waals surface area contributed by atoms with Gasteiger partial charge in [0.15, 0.2) is 0 Å². The number of hydrogen-bond donors (Lipinski definition) is 1. The minimum absolute atomic E-state index is 0.338. The monoisotopic (exact) mass is 484 g/mol. The third kappa shape index (κ3) is 3.58. The zero-order valence-corrected chi connectivity index (χ0v) is 19.1. The molecule has 6 heteroatoms. The molecular weight excluding hydrogens is 462 g/mol. The van der Waals surface area contributed by atoms with Gasteiger partial charge in [0.25, 0.3) is 0 Å². The fourth-order valence-corrected chi connectivity index (χ4v) is 6.56. The molecule has 0 aliphatic carbocycles. The zero-order chi connectivity index (χ0) is 20.7. The molecule has 0 amide bonds. The van der Waals surface area contributed by atoms with E-state index in [1.165, 1.54) is 0 Å². The van der Waals surface area contributed by atoms with Gasteiger partial charge in [0.05, 0.1) is 0 Å². The molecular formula is C24H21O4PSe. The summed E-state index contributed by atoms with van der Waals surface area (Å²) in [5.41, 5.74) is 2.02. The third-order valence-electron chi connectivity index (χ3n) is 5.24. The second-order valence-electron chi connectivity index (χ2n) is 7.42. The van der Waals surface area contributed by atoms with Crippen molar-refractivity contribution in [3.05, 3.63) is 72.8 Å². The van der Waals surface area contributed by atoms with Gasteiger partial charge in [-0.3, -0.25) is 0 Å². The minimum atomic E-state index is -2.82. The Hall–Kier alpha value is -2.13. The van der Waals surface area contributed by atoms with E-state index >= 15 is 0 Å². The molecule has 4 aromatic carbocycles. The van der Waals surface area contributed by atoms with Gasteiger partial charge in [-0.15, -0.1) is 0 Å². The Bertz CT molecular complexity index is 1210. The van der Waals surface area contributed by atoms with Crippen molar-refractivity contribution < 1.29 is 18.7 Å². The van der Waals surface area contributed by atoms with Crippen LogP contribution in [0, 0.1) is 0 Å². The molecule has 0 aromatic heterocycles. The van der Waals surface area contributed by atoms with E-state index in [1.807, 2.05) is 36.4 Å². The van der Waals surface area contributed by atoms with Crippen LogP contribution < -0.4 is 9.05 Å². The summed E-state index contributed by atoms with van der Waals surface area (Å²) in [6.45, 7) is 2.08. The topological polar surface area (TPSA) is 47.9 Å². The van der Waals surface area contributed by atoms with E-state index in [4.69, 9.17) is 13.6 Å². The Kier molecular flexibility index (Phi) is 5.18. The number of fused-ring (bicyclic) bond motifs is 7. The van der Waals surface area contributed by atoms with Crippen LogP contribution in [0.15, 0.2) is 72.8 Å². The molecule has 152 valence electrons. The van der Waals surface area contributed by atoms with Crippen LogP contribution in [-0.2, 0) is 4.52 Å². The van der Waals surface area contributed by atoms with E-state index in [-0.39, 0.29) is 0 Å². The van der Waals surface area contributed by atoms with E-state index in [0.717, 1.165) is 44.2 Å². The normalized spacial score (nSPS) is 15.5. The van der Waals surface area contributed by atoms with Gasteiger partial charge in [0.2, 0.25) is 0 Å². The van der Waals surface area contributed by atoms with E-state index in [1.54, 1.807) is 6.92 Å². The van der Waals surface area contributed by atoms with Crippen molar-refractivity contribution in [2.75, 3.05) is 6.61 Å². The first-order valence-corrected chi connectivity index (χ1v) is 13.7. The first-order chi connectivity index (χ1) is 14.5. The Labute approximate surface area is 182 Å². The van der Waals surface area contributed by atoms with Crippen LogP contribution in [0.2, 0.25) is 0 Å². The van der Waals surface area contributed by atoms with Crippen molar-refractivity contribution >= 4 is 42.8 Å². The van der Waals surface area contributed by atoms with Crippen LogP contribution in [0.4, 0.5) is 0 Å². The van der Waals surface area contributed by atoms with Crippen molar-refractivity contribution in [2.24, 2.45) is 0 Å². The van der Waals surface area contributed by atoms with Gasteiger partial charge in [-0.25, -0.2) is 0 Å². The number of aliphatic hydroxyl groups excluding tert-OH is 1. The van der Waals surface area contributed by atoms with Crippen LogP contribution in [-0.4, -0.2) is 32.9 Å². The molecule has 5 rings (SSSR count). The number of aliphatic hydroxyl groups is 1. The van der Waals surface area contributed by atoms with Gasteiger partial charge in [-0.05, 0) is 0 Å². The first-order valence-electron chi connectivity index (χ1n) is 9.90. The second-order valence-corrected chi connectivity index (χ2v) is 11.8. The van der Waals surface area contributed by atoms with E-state index in [9.17, 15) is 5.11 Å². The molecule has 1 aliphatic rings. The third-order valence-corrected chi connectivity index (χ3v) is 8.18. The molecule has 1 heterocycles. The van der Waals surface area contributed by atoms with Crippen molar-refractivity contribution in [2.45, 2.75) is 19.4 Å². The number of rotatable bonds is 4. The molecule has 0 saturated carbocycles. The predicted molar refractivity (Wildman–Crippen MR) is 123 cm³/mol. The fraction of sp³-hybridized carbons (Fsp3) is 0.167. The van der Waals surface area contributed by atoms with Gasteiger partial charge in [0, 0.05) is 0 Å². The molecule has 0 radical (unpaired) electrons. The van der Waals surface area contributed by atoms with Crippen molar-refractivity contribution in [1.29, 1.82) is 0 Å². The predicted octanol–water partition coefficient (Wildman–Crippen LogP) is 6.06. The Morgan fingerprint density at radius 3 is 1.83 bits per heavy atom. The maximum absolute atomic E-state index is 9.61. The average Bonchev–Trinajstić information content (AvgIpc) is 2.87. The fourth-order valence-electron chi connectivity index (χ4n) is 3.82. The molecule has 4 nitrogen and oxygen atoms in total. The molecule has 30 heavy (non-hydrogen) atoms. The van der Waals surface area contributed by atoms with Crippen molar-refractivity contribution in [1.82, 2.24) is 0 Å². The van der Waals surface area contributed by atoms with Crippen LogP contribution in [0.3, 0.4) is 0 Å². The average molecular weight is 483 g/mol. The molecule has 0 bridgehead atoms. The molecule has 0 spiro atoms. The molecule has 1 N–H and O–H groups in total. The summed E-state index contributed by atoms with van der Waals surface area (Å²) in [4.78, 5) is 0. The molecule has 4 aromatic rings. The van der Waals surface area contributed by atoms with Gasteiger partial charge in [0.1, 0.15) is 0 Å². The Balaban J connectivity index is 1.77. The summed E-state index contributed by atoms with van der Waals surface area (Å²) in [5, 5.41) is 14.1. The van der Waals surface area contributed by atoms with Gasteiger partial charge in [-0.1, -0.05) is 0 Å². The van der Waals surface area contributed by atoms with E-state index in [0.29, 0.717) is 13.0 Å². The molecule has 0 fully saturated rings. The van der Waals surface area contributed by atoms with Crippen LogP contribution in [0.5, 0.6) is 11.5 Å². The van der Waals surface area contributed by atoms with Crippen LogP contribution >= 0.6 is 6.19 Å². The van der Waals surface area contributed by atoms with E-state index < -0.39 is 12.3 Å². The zero-order valence-electron chi connectivity index (χ0n) is 16.4. The summed E-state index contributed by atoms with van der Waals surface area (Å²) in [6.07, 6.45) is -2.76. The molecule has 0 saturated heterocycles. The van der Waals surface area contributed by atoms with Crippen molar-refractivity contribution in [3.63, 3.8) is 0 Å². The maximum atomic E-state index is 9.61. The standard InChI is InChI=1S/C24H21O4PSe/c1-16(25)14-15-26-29(30)27-21-12-10-17-6-2-4-8-19(17)23(21)24-20-9-5-3-7-18(20)11-13-22(24)28-29/h2-13,16,25H,14-15H2,1H3. The van der Waals surface area contributed by atoms with Gasteiger partial charge >= 0.3 is 183 Å². The summed E-state index contributed by atoms with van der Waals surface area (Å²) in [7, 11) is 0. The summed E-state index contributed by atoms with van der Waals surface area (Å²) in [6, 6.07) is 24.7.